The van der Waals surface area contributed by atoms with E-state index >= 15 is 0 Å². The van der Waals surface area contributed by atoms with Crippen LogP contribution in [0.1, 0.15) is 23.3 Å². The number of hydrogen-bond acceptors (Lipinski definition) is 1. The van der Waals surface area contributed by atoms with Gasteiger partial charge >= 0.3 is 0 Å². The maximum atomic E-state index is 12.3. The smallest absolute Gasteiger partial charge is 0.267 e. The third kappa shape index (κ3) is 2.85. The monoisotopic (exact) mass is 290 g/mol. The highest BCUT2D eigenvalue weighted by atomic mass is 32.3. The number of aromatic amines is 1. The molecule has 3 nitrogen and oxygen atoms in total. The molecule has 0 aliphatic carbocycles. The van der Waals surface area contributed by atoms with Crippen LogP contribution in [0.4, 0.5) is 0 Å². The molecule has 1 saturated heterocycles. The first-order valence-electron chi connectivity index (χ1n) is 7.11. The van der Waals surface area contributed by atoms with Crippen molar-refractivity contribution in [1.82, 2.24) is 10.3 Å². The summed E-state index contributed by atoms with van der Waals surface area (Å²) in [5, 5.41) is 4.27. The van der Waals surface area contributed by atoms with Gasteiger partial charge in [-0.05, 0) is 49.0 Å². The predicted octanol–water partition coefficient (Wildman–Crippen LogP) is 3.12. The fourth-order valence-electron chi connectivity index (χ4n) is 2.77. The number of benzene rings is 1. The largest absolute Gasteiger partial charge is 0.351 e. The highest BCUT2D eigenvalue weighted by Gasteiger charge is 2.24. The van der Waals surface area contributed by atoms with Crippen molar-refractivity contribution in [2.75, 3.05) is 24.0 Å². The molecule has 3 rings (SSSR count). The van der Waals surface area contributed by atoms with E-state index in [2.05, 4.69) is 22.8 Å². The number of rotatable bonds is 2. The van der Waals surface area contributed by atoms with E-state index in [0.717, 1.165) is 23.7 Å². The van der Waals surface area contributed by atoms with E-state index in [1.54, 1.807) is 0 Å². The molecule has 0 saturated carbocycles. The second kappa shape index (κ2) is 5.17. The Bertz CT molecular complexity index is 589. The highest BCUT2D eigenvalue weighted by molar-refractivity contribution is 8.32. The molecule has 4 heteroatoms. The molecule has 1 aromatic heterocycles. The second-order valence-electron chi connectivity index (χ2n) is 6.19. The third-order valence-electron chi connectivity index (χ3n) is 4.15. The lowest BCUT2D eigenvalue weighted by molar-refractivity contribution is 0.0930. The fraction of sp³-hybridized carbons (Fsp3) is 0.438. The van der Waals surface area contributed by atoms with E-state index in [4.69, 9.17) is 0 Å². The van der Waals surface area contributed by atoms with Crippen molar-refractivity contribution < 1.29 is 4.79 Å². The van der Waals surface area contributed by atoms with Crippen LogP contribution in [0.3, 0.4) is 0 Å². The molecule has 108 valence electrons. The van der Waals surface area contributed by atoms with Crippen LogP contribution in [0.5, 0.6) is 0 Å². The van der Waals surface area contributed by atoms with E-state index in [-0.39, 0.29) is 5.91 Å². The van der Waals surface area contributed by atoms with E-state index in [1.165, 1.54) is 11.5 Å². The Hall–Kier alpha value is -1.42. The van der Waals surface area contributed by atoms with Crippen molar-refractivity contribution in [2.24, 2.45) is 0 Å². The van der Waals surface area contributed by atoms with Crippen molar-refractivity contribution >= 4 is 26.8 Å². The van der Waals surface area contributed by atoms with Gasteiger partial charge < -0.3 is 10.3 Å². The Morgan fingerprint density at radius 1 is 1.25 bits per heavy atom. The third-order valence-corrected chi connectivity index (χ3v) is 6.83. The van der Waals surface area contributed by atoms with Crippen LogP contribution >= 0.6 is 10.0 Å². The molecule has 20 heavy (non-hydrogen) atoms. The van der Waals surface area contributed by atoms with Crippen LogP contribution < -0.4 is 5.32 Å². The van der Waals surface area contributed by atoms with Gasteiger partial charge in [-0.3, -0.25) is 4.79 Å². The Balaban J connectivity index is 1.67. The van der Waals surface area contributed by atoms with Gasteiger partial charge in [0.1, 0.15) is 5.69 Å². The first kappa shape index (κ1) is 13.6. The quantitative estimate of drug-likeness (QED) is 0.877. The number of carbonyl (C=O) groups excluding carboxylic acids is 1. The van der Waals surface area contributed by atoms with Crippen molar-refractivity contribution in [3.63, 3.8) is 0 Å². The molecule has 1 amide bonds. The molecule has 0 radical (unpaired) electrons. The Labute approximate surface area is 121 Å². The predicted molar refractivity (Wildman–Crippen MR) is 88.0 cm³/mol. The molecule has 0 spiro atoms. The average molecular weight is 290 g/mol. The topological polar surface area (TPSA) is 44.9 Å². The molecular weight excluding hydrogens is 268 g/mol. The van der Waals surface area contributed by atoms with Crippen LogP contribution in [-0.2, 0) is 0 Å². The van der Waals surface area contributed by atoms with Crippen molar-refractivity contribution in [3.8, 4) is 0 Å². The second-order valence-corrected chi connectivity index (χ2v) is 10.5. The number of amides is 1. The highest BCUT2D eigenvalue weighted by Crippen LogP contribution is 2.44. The summed E-state index contributed by atoms with van der Waals surface area (Å²) in [5.74, 6) is 2.57. The van der Waals surface area contributed by atoms with Crippen LogP contribution in [0, 0.1) is 0 Å². The van der Waals surface area contributed by atoms with Gasteiger partial charge in [0, 0.05) is 16.9 Å². The van der Waals surface area contributed by atoms with Crippen LogP contribution in [0.2, 0.25) is 0 Å². The molecule has 1 fully saturated rings. The molecule has 2 aromatic rings. The van der Waals surface area contributed by atoms with Gasteiger partial charge in [0.15, 0.2) is 0 Å². The van der Waals surface area contributed by atoms with Gasteiger partial charge in [-0.15, -0.1) is 0 Å². The van der Waals surface area contributed by atoms with Crippen molar-refractivity contribution in [2.45, 2.75) is 18.9 Å². The molecule has 2 heterocycles. The fourth-order valence-corrected chi connectivity index (χ4v) is 4.82. The number of hydrogen-bond donors (Lipinski definition) is 2. The summed E-state index contributed by atoms with van der Waals surface area (Å²) < 4.78 is 0. The summed E-state index contributed by atoms with van der Waals surface area (Å²) >= 11 is 0. The zero-order valence-corrected chi connectivity index (χ0v) is 12.9. The Morgan fingerprint density at radius 2 is 1.95 bits per heavy atom. The lowest BCUT2D eigenvalue weighted by Gasteiger charge is -2.39. The number of H-pyrrole nitrogens is 1. The lowest BCUT2D eigenvalue weighted by Crippen LogP contribution is -2.39. The van der Waals surface area contributed by atoms with Gasteiger partial charge in [-0.1, -0.05) is 18.2 Å². The van der Waals surface area contributed by atoms with E-state index in [1.807, 2.05) is 30.3 Å². The number of fused-ring (bicyclic) bond motifs is 1. The Morgan fingerprint density at radius 3 is 2.65 bits per heavy atom. The van der Waals surface area contributed by atoms with Crippen molar-refractivity contribution in [1.29, 1.82) is 0 Å². The normalized spacial score (nSPS) is 20.7. The van der Waals surface area contributed by atoms with Crippen LogP contribution in [0.15, 0.2) is 30.3 Å². The molecule has 2 N–H and O–H groups in total. The van der Waals surface area contributed by atoms with E-state index in [0.29, 0.717) is 11.7 Å². The maximum Gasteiger partial charge on any atom is 0.267 e. The minimum Gasteiger partial charge on any atom is -0.351 e. The molecule has 0 bridgehead atoms. The maximum absolute atomic E-state index is 12.3. The van der Waals surface area contributed by atoms with Gasteiger partial charge in [0.2, 0.25) is 0 Å². The lowest BCUT2D eigenvalue weighted by atomic mass is 10.1. The van der Waals surface area contributed by atoms with E-state index < -0.39 is 10.0 Å². The summed E-state index contributed by atoms with van der Waals surface area (Å²) in [5.41, 5.74) is 1.69. The molecule has 1 aliphatic heterocycles. The SMILES string of the molecule is CS1(C)CCC(NC(=O)c2cc3ccccc3[nH]2)CC1. The minimum atomic E-state index is -0.396. The van der Waals surface area contributed by atoms with Crippen LogP contribution in [-0.4, -0.2) is 41.0 Å². The summed E-state index contributed by atoms with van der Waals surface area (Å²) in [6.07, 6.45) is 7.02. The Kier molecular flexibility index (Phi) is 3.50. The van der Waals surface area contributed by atoms with Gasteiger partial charge in [0.05, 0.1) is 0 Å². The number of aromatic nitrogens is 1. The number of carbonyl (C=O) groups is 1. The van der Waals surface area contributed by atoms with Crippen LogP contribution in [0.25, 0.3) is 10.9 Å². The first-order valence-corrected chi connectivity index (χ1v) is 9.90. The average Bonchev–Trinajstić information content (AvgIpc) is 2.85. The molecule has 1 aromatic carbocycles. The van der Waals surface area contributed by atoms with Gasteiger partial charge in [-0.25, -0.2) is 10.0 Å². The molecule has 0 unspecified atom stereocenters. The summed E-state index contributed by atoms with van der Waals surface area (Å²) in [6, 6.07) is 10.3. The number of nitrogens with one attached hydrogen (secondary N) is 2. The minimum absolute atomic E-state index is 0.0286. The standard InChI is InChI=1S/C16H22N2OS/c1-20(2)9-7-13(8-10-20)17-16(19)15-11-12-5-3-4-6-14(12)18-15/h3-6,11,13,18H,7-10H2,1-2H3,(H,17,19). The van der Waals surface area contributed by atoms with Gasteiger partial charge in [0.25, 0.3) is 5.91 Å². The molecule has 0 atom stereocenters. The first-order chi connectivity index (χ1) is 9.53. The summed E-state index contributed by atoms with van der Waals surface area (Å²) in [7, 11) is -0.396. The van der Waals surface area contributed by atoms with E-state index in [9.17, 15) is 4.79 Å². The summed E-state index contributed by atoms with van der Waals surface area (Å²) in [6.45, 7) is 0. The molecule has 1 aliphatic rings. The summed E-state index contributed by atoms with van der Waals surface area (Å²) in [4.78, 5) is 15.5. The zero-order chi connectivity index (χ0) is 14.2. The zero-order valence-electron chi connectivity index (χ0n) is 12.1. The number of para-hydroxylation sites is 1. The van der Waals surface area contributed by atoms with Crippen molar-refractivity contribution in [3.05, 3.63) is 36.0 Å². The molecular formula is C16H22N2OS. The van der Waals surface area contributed by atoms with Gasteiger partial charge in [-0.2, -0.15) is 0 Å².